The molecule has 0 unspecified atom stereocenters. The Morgan fingerprint density at radius 2 is 1.65 bits per heavy atom. The zero-order valence-electron chi connectivity index (χ0n) is 21.3. The number of carboxylic acid groups (broad SMARTS) is 1. The van der Waals surface area contributed by atoms with Crippen LogP contribution in [0, 0.1) is 5.92 Å². The van der Waals surface area contributed by atoms with E-state index in [-0.39, 0.29) is 17.6 Å². The molecule has 2 heterocycles. The lowest BCUT2D eigenvalue weighted by atomic mass is 10.0. The van der Waals surface area contributed by atoms with Crippen molar-refractivity contribution in [3.05, 3.63) is 78.4 Å². The van der Waals surface area contributed by atoms with Gasteiger partial charge in [0.1, 0.15) is 11.4 Å². The molecule has 1 N–H and O–H groups in total. The number of carbonyl (C=O) groups is 2. The summed E-state index contributed by atoms with van der Waals surface area (Å²) in [6.07, 6.45) is 0.541. The monoisotopic (exact) mass is 497 g/mol. The number of rotatable bonds is 5. The van der Waals surface area contributed by atoms with E-state index in [0.717, 1.165) is 40.0 Å². The van der Waals surface area contributed by atoms with Gasteiger partial charge in [-0.1, -0.05) is 54.6 Å². The number of fused-ring (bicyclic) bond motifs is 1. The molecule has 1 aromatic heterocycles. The van der Waals surface area contributed by atoms with Crippen LogP contribution in [0.2, 0.25) is 0 Å². The number of benzene rings is 3. The number of aromatic carboxylic acids is 1. The Balaban J connectivity index is 1.47. The number of imidazole rings is 1. The van der Waals surface area contributed by atoms with Gasteiger partial charge in [0.25, 0.3) is 0 Å². The lowest BCUT2D eigenvalue weighted by Gasteiger charge is -2.24. The number of amides is 1. The molecule has 1 amide bonds. The fourth-order valence-corrected chi connectivity index (χ4v) is 4.84. The molecule has 4 aromatic rings. The molecule has 1 fully saturated rings. The first-order valence-corrected chi connectivity index (χ1v) is 12.6. The Morgan fingerprint density at radius 1 is 0.973 bits per heavy atom. The standard InChI is InChI=1S/C30H31N3O4/c1-30(2,3)37-29(36)32-16-15-20(18-32)19-33-26-17-24(28(34)35)13-14-25(26)31-27(33)23-11-9-22(10-12-23)21-7-5-4-6-8-21/h4-14,17,20H,15-16,18-19H2,1-3H3,(H,34,35)/t20-/m0/s1. The Bertz CT molecular complexity index is 1440. The van der Waals surface area contributed by atoms with E-state index < -0.39 is 11.6 Å². The number of nitrogens with zero attached hydrogens (tertiary/aromatic N) is 3. The van der Waals surface area contributed by atoms with Gasteiger partial charge in [-0.05, 0) is 62.4 Å². The number of carboxylic acids is 1. The number of carbonyl (C=O) groups excluding carboxylic acids is 1. The van der Waals surface area contributed by atoms with Gasteiger partial charge in [0.15, 0.2) is 0 Å². The molecule has 0 spiro atoms. The third kappa shape index (κ3) is 5.35. The molecule has 1 aliphatic rings. The quantitative estimate of drug-likeness (QED) is 0.348. The smallest absolute Gasteiger partial charge is 0.410 e. The normalized spacial score (nSPS) is 15.8. The highest BCUT2D eigenvalue weighted by Gasteiger charge is 2.31. The summed E-state index contributed by atoms with van der Waals surface area (Å²) < 4.78 is 7.66. The van der Waals surface area contributed by atoms with E-state index in [1.165, 1.54) is 0 Å². The van der Waals surface area contributed by atoms with Crippen molar-refractivity contribution in [2.45, 2.75) is 39.3 Å². The molecule has 1 saturated heterocycles. The van der Waals surface area contributed by atoms with E-state index in [2.05, 4.69) is 41.0 Å². The van der Waals surface area contributed by atoms with E-state index >= 15 is 0 Å². The van der Waals surface area contributed by atoms with Gasteiger partial charge in [0, 0.05) is 25.2 Å². The van der Waals surface area contributed by atoms with Gasteiger partial charge in [-0.3, -0.25) is 0 Å². The van der Waals surface area contributed by atoms with Gasteiger partial charge in [0.05, 0.1) is 16.6 Å². The van der Waals surface area contributed by atoms with E-state index in [4.69, 9.17) is 9.72 Å². The van der Waals surface area contributed by atoms with Crippen LogP contribution in [0.15, 0.2) is 72.8 Å². The van der Waals surface area contributed by atoms with Crippen LogP contribution < -0.4 is 0 Å². The Morgan fingerprint density at radius 3 is 2.32 bits per heavy atom. The molecule has 0 radical (unpaired) electrons. The molecule has 7 nitrogen and oxygen atoms in total. The zero-order chi connectivity index (χ0) is 26.2. The van der Waals surface area contributed by atoms with Crippen LogP contribution in [0.1, 0.15) is 37.6 Å². The van der Waals surface area contributed by atoms with Crippen LogP contribution in [0.3, 0.4) is 0 Å². The summed E-state index contributed by atoms with van der Waals surface area (Å²) >= 11 is 0. The first kappa shape index (κ1) is 24.6. The molecule has 190 valence electrons. The molecule has 5 rings (SSSR count). The molecule has 37 heavy (non-hydrogen) atoms. The Kier molecular flexibility index (Phi) is 6.46. The van der Waals surface area contributed by atoms with Crippen LogP contribution >= 0.6 is 0 Å². The van der Waals surface area contributed by atoms with Crippen LogP contribution in [0.25, 0.3) is 33.5 Å². The third-order valence-corrected chi connectivity index (χ3v) is 6.62. The minimum absolute atomic E-state index is 0.195. The largest absolute Gasteiger partial charge is 0.478 e. The molecular weight excluding hydrogens is 466 g/mol. The number of hydrogen-bond acceptors (Lipinski definition) is 4. The second-order valence-electron chi connectivity index (χ2n) is 10.6. The van der Waals surface area contributed by atoms with Gasteiger partial charge in [-0.15, -0.1) is 0 Å². The summed E-state index contributed by atoms with van der Waals surface area (Å²) in [6.45, 7) is 7.43. The number of hydrogen-bond donors (Lipinski definition) is 1. The van der Waals surface area contributed by atoms with Crippen LogP contribution in [0.4, 0.5) is 4.79 Å². The summed E-state index contributed by atoms with van der Waals surface area (Å²) in [5.41, 5.74) is 4.41. The molecular formula is C30H31N3O4. The molecule has 0 bridgehead atoms. The van der Waals surface area contributed by atoms with Crippen molar-refractivity contribution in [3.63, 3.8) is 0 Å². The van der Waals surface area contributed by atoms with Crippen LogP contribution in [-0.2, 0) is 11.3 Å². The van der Waals surface area contributed by atoms with Crippen molar-refractivity contribution in [1.29, 1.82) is 0 Å². The topological polar surface area (TPSA) is 84.7 Å². The summed E-state index contributed by atoms with van der Waals surface area (Å²) in [4.78, 5) is 30.9. The average molecular weight is 498 g/mol. The van der Waals surface area contributed by atoms with Crippen molar-refractivity contribution in [3.8, 4) is 22.5 Å². The van der Waals surface area contributed by atoms with Gasteiger partial charge in [-0.25, -0.2) is 14.6 Å². The van der Waals surface area contributed by atoms with Crippen molar-refractivity contribution < 1.29 is 19.4 Å². The predicted molar refractivity (Wildman–Crippen MR) is 143 cm³/mol. The number of aromatic nitrogens is 2. The van der Waals surface area contributed by atoms with E-state index in [0.29, 0.717) is 19.6 Å². The van der Waals surface area contributed by atoms with Crippen molar-refractivity contribution in [1.82, 2.24) is 14.5 Å². The van der Waals surface area contributed by atoms with E-state index in [9.17, 15) is 14.7 Å². The highest BCUT2D eigenvalue weighted by molar-refractivity contribution is 5.93. The average Bonchev–Trinajstić information content (AvgIpc) is 3.49. The maximum absolute atomic E-state index is 12.6. The molecule has 1 aliphatic heterocycles. The summed E-state index contributed by atoms with van der Waals surface area (Å²) in [6, 6.07) is 23.5. The molecule has 1 atom stereocenters. The fourth-order valence-electron chi connectivity index (χ4n) is 4.84. The third-order valence-electron chi connectivity index (χ3n) is 6.62. The second kappa shape index (κ2) is 9.73. The Hall–Kier alpha value is -4.13. The molecule has 7 heteroatoms. The highest BCUT2D eigenvalue weighted by Crippen LogP contribution is 2.31. The molecule has 3 aromatic carbocycles. The van der Waals surface area contributed by atoms with Gasteiger partial charge < -0.3 is 19.3 Å². The fraction of sp³-hybridized carbons (Fsp3) is 0.300. The number of likely N-dealkylation sites (tertiary alicyclic amines) is 1. The number of ether oxygens (including phenoxy) is 1. The molecule has 0 saturated carbocycles. The van der Waals surface area contributed by atoms with Crippen molar-refractivity contribution in [2.24, 2.45) is 5.92 Å². The Labute approximate surface area is 216 Å². The van der Waals surface area contributed by atoms with Gasteiger partial charge in [0.2, 0.25) is 0 Å². The summed E-state index contributed by atoms with van der Waals surface area (Å²) in [5.74, 6) is 0.00833. The van der Waals surface area contributed by atoms with Crippen molar-refractivity contribution in [2.75, 3.05) is 13.1 Å². The van der Waals surface area contributed by atoms with E-state index in [1.54, 1.807) is 23.1 Å². The SMILES string of the molecule is CC(C)(C)OC(=O)N1CC[C@H](Cn2c(-c3ccc(-c4ccccc4)cc3)nc3ccc(C(=O)O)cc32)C1. The predicted octanol–water partition coefficient (Wildman–Crippen LogP) is 6.33. The minimum atomic E-state index is -0.972. The lowest BCUT2D eigenvalue weighted by molar-refractivity contribution is 0.0287. The summed E-state index contributed by atoms with van der Waals surface area (Å²) in [5, 5.41) is 9.58. The van der Waals surface area contributed by atoms with Crippen molar-refractivity contribution >= 4 is 23.1 Å². The van der Waals surface area contributed by atoms with E-state index in [1.807, 2.05) is 39.0 Å². The van der Waals surface area contributed by atoms with Gasteiger partial charge in [-0.2, -0.15) is 0 Å². The first-order chi connectivity index (χ1) is 17.7. The van der Waals surface area contributed by atoms with Crippen LogP contribution in [-0.4, -0.2) is 50.3 Å². The van der Waals surface area contributed by atoms with Crippen LogP contribution in [0.5, 0.6) is 0 Å². The minimum Gasteiger partial charge on any atom is -0.478 e. The highest BCUT2D eigenvalue weighted by atomic mass is 16.6. The summed E-state index contributed by atoms with van der Waals surface area (Å²) in [7, 11) is 0. The zero-order valence-corrected chi connectivity index (χ0v) is 21.3. The van der Waals surface area contributed by atoms with Gasteiger partial charge >= 0.3 is 12.1 Å². The first-order valence-electron chi connectivity index (χ1n) is 12.6. The maximum Gasteiger partial charge on any atom is 0.410 e. The lowest BCUT2D eigenvalue weighted by Crippen LogP contribution is -2.35. The second-order valence-corrected chi connectivity index (χ2v) is 10.6. The maximum atomic E-state index is 12.6. The molecule has 0 aliphatic carbocycles.